The molecule has 0 N–H and O–H groups in total. The fourth-order valence-electron chi connectivity index (χ4n) is 3.76. The predicted molar refractivity (Wildman–Crippen MR) is 108 cm³/mol. The topological polar surface area (TPSA) is 27.7 Å². The molecule has 0 radical (unpaired) electrons. The average molecular weight is 371 g/mol. The molecule has 0 spiro atoms. The minimum Gasteiger partial charge on any atom is -0.414 e. The maximum absolute atomic E-state index is 6.65. The van der Waals surface area contributed by atoms with Gasteiger partial charge in [-0.25, -0.2) is 0 Å². The highest BCUT2D eigenvalue weighted by Crippen LogP contribution is 2.39. The van der Waals surface area contributed by atoms with Crippen LogP contribution in [0.5, 0.6) is 0 Å². The van der Waals surface area contributed by atoms with Crippen molar-refractivity contribution < 1.29 is 13.9 Å². The van der Waals surface area contributed by atoms with Gasteiger partial charge >= 0.3 is 0 Å². The molecular weight excluding hydrogens is 328 g/mol. The molecule has 0 amide bonds. The van der Waals surface area contributed by atoms with Crippen LogP contribution in [0.2, 0.25) is 18.1 Å². The molecule has 148 valence electrons. The SMILES string of the molecule is CCCC(CCCCCCOC1C2CCC1O2)O[Si](C)(C)C(C)(C)C. The summed E-state index contributed by atoms with van der Waals surface area (Å²) in [5, 5.41) is 0.307. The summed E-state index contributed by atoms with van der Waals surface area (Å²) in [5.41, 5.74) is 0. The van der Waals surface area contributed by atoms with E-state index in [0.717, 1.165) is 6.61 Å². The molecule has 2 heterocycles. The molecule has 2 bridgehead atoms. The zero-order valence-electron chi connectivity index (χ0n) is 17.6. The van der Waals surface area contributed by atoms with Gasteiger partial charge in [0.25, 0.3) is 0 Å². The summed E-state index contributed by atoms with van der Waals surface area (Å²) in [4.78, 5) is 0. The Morgan fingerprint density at radius 3 is 2.20 bits per heavy atom. The van der Waals surface area contributed by atoms with E-state index in [4.69, 9.17) is 13.9 Å². The Kier molecular flexibility index (Phi) is 7.99. The predicted octanol–water partition coefficient (Wildman–Crippen LogP) is 6.07. The van der Waals surface area contributed by atoms with Crippen molar-refractivity contribution in [1.82, 2.24) is 0 Å². The third-order valence-corrected chi connectivity index (χ3v) is 11.0. The van der Waals surface area contributed by atoms with E-state index in [-0.39, 0.29) is 0 Å². The van der Waals surface area contributed by atoms with Crippen LogP contribution in [0.25, 0.3) is 0 Å². The van der Waals surface area contributed by atoms with Gasteiger partial charge < -0.3 is 13.9 Å². The Bertz CT molecular complexity index is 377. The van der Waals surface area contributed by atoms with Gasteiger partial charge in [-0.1, -0.05) is 53.4 Å². The summed E-state index contributed by atoms with van der Waals surface area (Å²) >= 11 is 0. The molecule has 3 rings (SSSR count). The van der Waals surface area contributed by atoms with Gasteiger partial charge in [-0.15, -0.1) is 0 Å². The molecule has 2 aliphatic heterocycles. The third kappa shape index (κ3) is 6.05. The van der Waals surface area contributed by atoms with Gasteiger partial charge in [0, 0.05) is 12.7 Å². The number of fused-ring (bicyclic) bond motifs is 1. The molecule has 1 aliphatic carbocycles. The van der Waals surface area contributed by atoms with Gasteiger partial charge in [-0.3, -0.25) is 0 Å². The molecule has 25 heavy (non-hydrogen) atoms. The van der Waals surface area contributed by atoms with Crippen molar-refractivity contribution >= 4 is 8.32 Å². The molecule has 1 saturated carbocycles. The lowest BCUT2D eigenvalue weighted by Gasteiger charge is -2.39. The highest BCUT2D eigenvalue weighted by molar-refractivity contribution is 6.74. The van der Waals surface area contributed by atoms with Crippen molar-refractivity contribution in [3.8, 4) is 0 Å². The maximum atomic E-state index is 6.65. The van der Waals surface area contributed by atoms with Crippen molar-refractivity contribution in [2.24, 2.45) is 0 Å². The lowest BCUT2D eigenvalue weighted by molar-refractivity contribution is -0.200. The van der Waals surface area contributed by atoms with Crippen molar-refractivity contribution in [3.63, 3.8) is 0 Å². The Hall–Kier alpha value is 0.0969. The quantitative estimate of drug-likeness (QED) is 0.308. The molecule has 3 fully saturated rings. The van der Waals surface area contributed by atoms with E-state index in [1.807, 2.05) is 0 Å². The van der Waals surface area contributed by atoms with Gasteiger partial charge in [0.15, 0.2) is 8.32 Å². The Labute approximate surface area is 157 Å². The monoisotopic (exact) mass is 370 g/mol. The normalized spacial score (nSPS) is 27.4. The molecular formula is C21H42O3Si. The first kappa shape index (κ1) is 21.4. The van der Waals surface area contributed by atoms with E-state index in [1.54, 1.807) is 0 Å². The minimum atomic E-state index is -1.64. The highest BCUT2D eigenvalue weighted by Gasteiger charge is 2.49. The van der Waals surface area contributed by atoms with Gasteiger partial charge in [0.2, 0.25) is 0 Å². The molecule has 3 unspecified atom stereocenters. The third-order valence-electron chi connectivity index (χ3n) is 6.43. The highest BCUT2D eigenvalue weighted by atomic mass is 28.4. The number of hydrogen-bond donors (Lipinski definition) is 0. The second kappa shape index (κ2) is 9.34. The Balaban J connectivity index is 1.54. The van der Waals surface area contributed by atoms with Crippen LogP contribution in [-0.2, 0) is 13.9 Å². The second-order valence-corrected chi connectivity index (χ2v) is 14.4. The molecule has 0 aromatic heterocycles. The van der Waals surface area contributed by atoms with Gasteiger partial charge in [-0.2, -0.15) is 0 Å². The van der Waals surface area contributed by atoms with E-state index in [9.17, 15) is 0 Å². The van der Waals surface area contributed by atoms with Crippen LogP contribution in [0.1, 0.15) is 85.5 Å². The second-order valence-electron chi connectivity index (χ2n) is 9.62. The maximum Gasteiger partial charge on any atom is 0.192 e. The van der Waals surface area contributed by atoms with Crippen molar-refractivity contribution in [2.75, 3.05) is 6.61 Å². The summed E-state index contributed by atoms with van der Waals surface area (Å²) in [6.07, 6.45) is 12.9. The molecule has 3 nitrogen and oxygen atoms in total. The van der Waals surface area contributed by atoms with E-state index in [2.05, 4.69) is 40.8 Å². The fraction of sp³-hybridized carbons (Fsp3) is 1.00. The summed E-state index contributed by atoms with van der Waals surface area (Å²) in [7, 11) is -1.64. The van der Waals surface area contributed by atoms with Gasteiger partial charge in [0.05, 0.1) is 12.2 Å². The molecule has 4 heteroatoms. The van der Waals surface area contributed by atoms with Crippen molar-refractivity contribution in [2.45, 2.75) is 128 Å². The zero-order valence-corrected chi connectivity index (χ0v) is 18.6. The summed E-state index contributed by atoms with van der Waals surface area (Å²) < 4.78 is 18.3. The lowest BCUT2D eigenvalue weighted by Crippen LogP contribution is -2.47. The average Bonchev–Trinajstić information content (AvgIpc) is 3.12. The van der Waals surface area contributed by atoms with E-state index in [1.165, 1.54) is 57.8 Å². The first-order valence-electron chi connectivity index (χ1n) is 10.7. The number of ether oxygens (including phenoxy) is 2. The molecule has 3 atom stereocenters. The van der Waals surface area contributed by atoms with Crippen LogP contribution in [0, 0.1) is 0 Å². The molecule has 0 aromatic carbocycles. The van der Waals surface area contributed by atoms with Crippen LogP contribution >= 0.6 is 0 Å². The Morgan fingerprint density at radius 2 is 1.64 bits per heavy atom. The number of hydrogen-bond acceptors (Lipinski definition) is 3. The summed E-state index contributed by atoms with van der Waals surface area (Å²) in [6.45, 7) is 15.0. The largest absolute Gasteiger partial charge is 0.414 e. The van der Waals surface area contributed by atoms with Gasteiger partial charge in [0.1, 0.15) is 6.10 Å². The van der Waals surface area contributed by atoms with Crippen LogP contribution in [0.3, 0.4) is 0 Å². The standard InChI is InChI=1S/C21H42O3Si/c1-7-12-17(24-25(5,6)21(2,3)4)13-10-8-9-11-16-22-20-18-14-15-19(20)23-18/h17-20H,7-16H2,1-6H3. The number of rotatable bonds is 12. The molecule has 0 aromatic rings. The van der Waals surface area contributed by atoms with Crippen LogP contribution in [-0.4, -0.2) is 39.3 Å². The Morgan fingerprint density at radius 1 is 1.00 bits per heavy atom. The van der Waals surface area contributed by atoms with E-state index in [0.29, 0.717) is 29.5 Å². The summed E-state index contributed by atoms with van der Waals surface area (Å²) in [6, 6.07) is 0. The lowest BCUT2D eigenvalue weighted by atomic mass is 10.1. The van der Waals surface area contributed by atoms with Crippen molar-refractivity contribution in [1.29, 1.82) is 0 Å². The molecule has 2 saturated heterocycles. The molecule has 3 aliphatic rings. The van der Waals surface area contributed by atoms with Crippen molar-refractivity contribution in [3.05, 3.63) is 0 Å². The number of unbranched alkanes of at least 4 members (excludes halogenated alkanes) is 3. The summed E-state index contributed by atoms with van der Waals surface area (Å²) in [5.74, 6) is 0. The van der Waals surface area contributed by atoms with Crippen LogP contribution in [0.4, 0.5) is 0 Å². The van der Waals surface area contributed by atoms with Gasteiger partial charge in [-0.05, 0) is 50.2 Å². The van der Waals surface area contributed by atoms with E-state index >= 15 is 0 Å². The minimum absolute atomic E-state index is 0.307. The first-order valence-corrected chi connectivity index (χ1v) is 13.6. The smallest absolute Gasteiger partial charge is 0.192 e. The van der Waals surface area contributed by atoms with Crippen LogP contribution in [0.15, 0.2) is 0 Å². The fourth-order valence-corrected chi connectivity index (χ4v) is 5.18. The zero-order chi connectivity index (χ0) is 18.5. The van der Waals surface area contributed by atoms with Crippen LogP contribution < -0.4 is 0 Å². The first-order chi connectivity index (χ1) is 11.7. The van der Waals surface area contributed by atoms with E-state index < -0.39 is 8.32 Å².